The molecule has 1 N–H and O–H groups in total. The highest BCUT2D eigenvalue weighted by Crippen LogP contribution is 2.45. The number of halogens is 1. The molecule has 39 heavy (non-hydrogen) atoms. The first-order valence-electron chi connectivity index (χ1n) is 12.6. The SMILES string of the molecule is CC(C)Oc1cc(C#N)ccc1C1=NC(c2ccc(Cl)cc2)C(c2cccnc2)N1C(=O)N1CCNC(=O)C1. The maximum absolute atomic E-state index is 14.3. The summed E-state index contributed by atoms with van der Waals surface area (Å²) in [5, 5.41) is 12.9. The zero-order valence-corrected chi connectivity index (χ0v) is 22.3. The first-order chi connectivity index (χ1) is 18.9. The molecule has 1 aromatic heterocycles. The van der Waals surface area contributed by atoms with Crippen molar-refractivity contribution in [2.24, 2.45) is 4.99 Å². The topological polar surface area (TPSA) is 111 Å². The van der Waals surface area contributed by atoms with Crippen molar-refractivity contribution < 1.29 is 14.3 Å². The van der Waals surface area contributed by atoms with Gasteiger partial charge in [-0.2, -0.15) is 5.26 Å². The van der Waals surface area contributed by atoms with Crippen LogP contribution in [0.5, 0.6) is 5.75 Å². The van der Waals surface area contributed by atoms with Gasteiger partial charge in [0, 0.05) is 30.5 Å². The molecule has 0 aliphatic carbocycles. The highest BCUT2D eigenvalue weighted by atomic mass is 35.5. The normalized spacial score (nSPS) is 18.9. The van der Waals surface area contributed by atoms with Gasteiger partial charge in [0.25, 0.3) is 0 Å². The fourth-order valence-electron chi connectivity index (χ4n) is 4.83. The number of hydrogen-bond acceptors (Lipinski definition) is 6. The van der Waals surface area contributed by atoms with Gasteiger partial charge in [-0.05, 0) is 61.4 Å². The number of ether oxygens (including phenoxy) is 1. The van der Waals surface area contributed by atoms with Gasteiger partial charge in [0.05, 0.1) is 29.3 Å². The number of nitriles is 1. The molecule has 2 atom stereocenters. The number of urea groups is 1. The third-order valence-corrected chi connectivity index (χ3v) is 6.79. The van der Waals surface area contributed by atoms with E-state index in [0.29, 0.717) is 40.8 Å². The van der Waals surface area contributed by atoms with E-state index in [4.69, 9.17) is 21.3 Å². The van der Waals surface area contributed by atoms with Gasteiger partial charge < -0.3 is 15.0 Å². The summed E-state index contributed by atoms with van der Waals surface area (Å²) in [4.78, 5) is 39.1. The molecule has 198 valence electrons. The average molecular weight is 543 g/mol. The monoisotopic (exact) mass is 542 g/mol. The van der Waals surface area contributed by atoms with Crippen molar-refractivity contribution in [1.29, 1.82) is 5.26 Å². The molecule has 2 unspecified atom stereocenters. The zero-order chi connectivity index (χ0) is 27.5. The standard InChI is InChI=1S/C29H27ClN6O3/c1-18(2)39-24-14-19(15-31)5-10-23(24)28-34-26(20-6-8-22(30)9-7-20)27(21-4-3-11-32-16-21)36(28)29(38)35-13-12-33-25(37)17-35/h3-11,14,16,18,26-27H,12-13,17H2,1-2H3,(H,33,37). The number of benzene rings is 2. The molecular formula is C29H27ClN6O3. The number of aromatic nitrogens is 1. The molecule has 0 radical (unpaired) electrons. The number of rotatable bonds is 5. The van der Waals surface area contributed by atoms with Crippen molar-refractivity contribution in [3.05, 3.63) is 94.3 Å². The highest BCUT2D eigenvalue weighted by molar-refractivity contribution is 6.30. The minimum Gasteiger partial charge on any atom is -0.490 e. The second kappa shape index (κ2) is 11.1. The molecule has 5 rings (SSSR count). The number of carbonyl (C=O) groups excluding carboxylic acids is 2. The van der Waals surface area contributed by atoms with Crippen LogP contribution in [0.3, 0.4) is 0 Å². The van der Waals surface area contributed by atoms with Crippen LogP contribution in [0.25, 0.3) is 0 Å². The lowest BCUT2D eigenvalue weighted by atomic mass is 9.94. The molecule has 1 saturated heterocycles. The van der Waals surface area contributed by atoms with Crippen molar-refractivity contribution in [3.8, 4) is 11.8 Å². The van der Waals surface area contributed by atoms with Crippen molar-refractivity contribution in [3.63, 3.8) is 0 Å². The number of amides is 3. The van der Waals surface area contributed by atoms with Crippen molar-refractivity contribution in [2.45, 2.75) is 32.0 Å². The van der Waals surface area contributed by atoms with Crippen LogP contribution in [0.2, 0.25) is 5.02 Å². The van der Waals surface area contributed by atoms with Gasteiger partial charge in [-0.15, -0.1) is 0 Å². The second-order valence-electron chi connectivity index (χ2n) is 9.59. The van der Waals surface area contributed by atoms with Crippen molar-refractivity contribution >= 4 is 29.4 Å². The van der Waals surface area contributed by atoms with E-state index < -0.39 is 12.1 Å². The molecule has 0 bridgehead atoms. The number of nitrogens with zero attached hydrogens (tertiary/aromatic N) is 5. The summed E-state index contributed by atoms with van der Waals surface area (Å²) >= 11 is 6.19. The fourth-order valence-corrected chi connectivity index (χ4v) is 4.95. The predicted molar refractivity (Wildman–Crippen MR) is 146 cm³/mol. The lowest BCUT2D eigenvalue weighted by molar-refractivity contribution is -0.123. The van der Waals surface area contributed by atoms with E-state index in [2.05, 4.69) is 16.4 Å². The summed E-state index contributed by atoms with van der Waals surface area (Å²) in [6.07, 6.45) is 3.21. The first-order valence-corrected chi connectivity index (χ1v) is 13.0. The molecule has 3 heterocycles. The number of nitrogens with one attached hydrogen (secondary N) is 1. The Morgan fingerprint density at radius 2 is 1.97 bits per heavy atom. The Morgan fingerprint density at radius 3 is 2.64 bits per heavy atom. The summed E-state index contributed by atoms with van der Waals surface area (Å²) in [6.45, 7) is 4.45. The third-order valence-electron chi connectivity index (χ3n) is 6.53. The van der Waals surface area contributed by atoms with Crippen LogP contribution in [0, 0.1) is 11.3 Å². The van der Waals surface area contributed by atoms with Gasteiger partial charge >= 0.3 is 6.03 Å². The summed E-state index contributed by atoms with van der Waals surface area (Å²) in [5.41, 5.74) is 2.64. The predicted octanol–water partition coefficient (Wildman–Crippen LogP) is 4.49. The number of carbonyl (C=O) groups is 2. The van der Waals surface area contributed by atoms with Gasteiger partial charge in [-0.25, -0.2) is 4.79 Å². The van der Waals surface area contributed by atoms with Crippen molar-refractivity contribution in [2.75, 3.05) is 19.6 Å². The van der Waals surface area contributed by atoms with Crippen LogP contribution >= 0.6 is 11.6 Å². The third kappa shape index (κ3) is 5.42. The van der Waals surface area contributed by atoms with Crippen LogP contribution in [0.1, 0.15) is 48.2 Å². The molecule has 2 aromatic carbocycles. The molecule has 0 spiro atoms. The van der Waals surface area contributed by atoms with E-state index in [-0.39, 0.29) is 24.6 Å². The van der Waals surface area contributed by atoms with Gasteiger partial charge in [0.2, 0.25) is 5.91 Å². The van der Waals surface area contributed by atoms with E-state index in [0.717, 1.165) is 11.1 Å². The lowest BCUT2D eigenvalue weighted by Crippen LogP contribution is -2.55. The molecule has 10 heteroatoms. The summed E-state index contributed by atoms with van der Waals surface area (Å²) in [6, 6.07) is 16.9. The lowest BCUT2D eigenvalue weighted by Gasteiger charge is -2.35. The molecule has 2 aliphatic heterocycles. The molecule has 3 amide bonds. The highest BCUT2D eigenvalue weighted by Gasteiger charge is 2.45. The van der Waals surface area contributed by atoms with Crippen LogP contribution in [-0.4, -0.2) is 58.3 Å². The molecule has 3 aromatic rings. The maximum Gasteiger partial charge on any atom is 0.326 e. The molecule has 0 saturated carbocycles. The quantitative estimate of drug-likeness (QED) is 0.510. The Labute approximate surface area is 231 Å². The van der Waals surface area contributed by atoms with Gasteiger partial charge in [-0.1, -0.05) is 29.8 Å². The van der Waals surface area contributed by atoms with Crippen LogP contribution < -0.4 is 10.1 Å². The number of piperazine rings is 1. The van der Waals surface area contributed by atoms with E-state index >= 15 is 0 Å². The minimum absolute atomic E-state index is 0.0588. The number of hydrogen-bond donors (Lipinski definition) is 1. The smallest absolute Gasteiger partial charge is 0.326 e. The zero-order valence-electron chi connectivity index (χ0n) is 21.5. The average Bonchev–Trinajstić information content (AvgIpc) is 3.33. The van der Waals surface area contributed by atoms with Gasteiger partial charge in [0.15, 0.2) is 0 Å². The van der Waals surface area contributed by atoms with E-state index in [9.17, 15) is 14.9 Å². The van der Waals surface area contributed by atoms with Crippen molar-refractivity contribution in [1.82, 2.24) is 20.1 Å². The Morgan fingerprint density at radius 1 is 1.18 bits per heavy atom. The largest absolute Gasteiger partial charge is 0.490 e. The Hall–Kier alpha value is -4.42. The fraction of sp³-hybridized carbons (Fsp3) is 0.276. The minimum atomic E-state index is -0.560. The second-order valence-corrected chi connectivity index (χ2v) is 10.0. The first kappa shape index (κ1) is 26.2. The van der Waals surface area contributed by atoms with Gasteiger partial charge in [0.1, 0.15) is 24.2 Å². The summed E-state index contributed by atoms with van der Waals surface area (Å²) in [7, 11) is 0. The van der Waals surface area contributed by atoms with Gasteiger partial charge in [-0.3, -0.25) is 19.7 Å². The molecular weight excluding hydrogens is 516 g/mol. The number of pyridine rings is 1. The van der Waals surface area contributed by atoms with E-state index in [1.165, 1.54) is 4.90 Å². The van der Waals surface area contributed by atoms with E-state index in [1.807, 2.05) is 38.1 Å². The molecule has 9 nitrogen and oxygen atoms in total. The van der Waals surface area contributed by atoms with E-state index in [1.54, 1.807) is 47.6 Å². The Bertz CT molecular complexity index is 1450. The van der Waals surface area contributed by atoms with Crippen LogP contribution in [-0.2, 0) is 4.79 Å². The Kier molecular flexibility index (Phi) is 7.48. The number of amidine groups is 1. The van der Waals surface area contributed by atoms with Crippen LogP contribution in [0.15, 0.2) is 72.0 Å². The number of aliphatic imine (C=N–C) groups is 1. The maximum atomic E-state index is 14.3. The summed E-state index contributed by atoms with van der Waals surface area (Å²) < 4.78 is 6.11. The van der Waals surface area contributed by atoms with Crippen LogP contribution in [0.4, 0.5) is 4.79 Å². The molecule has 1 fully saturated rings. The summed E-state index contributed by atoms with van der Waals surface area (Å²) in [5.74, 6) is 0.611. The molecule has 2 aliphatic rings. The Balaban J connectivity index is 1.71.